The quantitative estimate of drug-likeness (QED) is 0.483. The fraction of sp³-hybridized carbons (Fsp3) is 0.360. The number of hydrogen-bond donors (Lipinski definition) is 0. The van der Waals surface area contributed by atoms with Crippen molar-refractivity contribution in [3.8, 4) is 17.1 Å². The van der Waals surface area contributed by atoms with Gasteiger partial charge >= 0.3 is 6.18 Å². The number of nitrogens with zero attached hydrogens (tertiary/aromatic N) is 3. The zero-order chi connectivity index (χ0) is 22.7. The molecule has 2 heterocycles. The van der Waals surface area contributed by atoms with Gasteiger partial charge in [-0.25, -0.2) is 9.97 Å². The summed E-state index contributed by atoms with van der Waals surface area (Å²) in [5.41, 5.74) is 3.21. The van der Waals surface area contributed by atoms with Crippen LogP contribution >= 0.6 is 0 Å². The van der Waals surface area contributed by atoms with Crippen LogP contribution in [0.5, 0.6) is 5.75 Å². The van der Waals surface area contributed by atoms with Crippen LogP contribution in [0.1, 0.15) is 41.3 Å². The molecule has 0 spiro atoms. The lowest BCUT2D eigenvalue weighted by Crippen LogP contribution is -2.31. The van der Waals surface area contributed by atoms with Crippen LogP contribution in [-0.2, 0) is 25.7 Å². The topological polar surface area (TPSA) is 38.2 Å². The molecule has 1 aliphatic heterocycles. The number of alkyl halides is 3. The third kappa shape index (κ3) is 5.10. The van der Waals surface area contributed by atoms with Gasteiger partial charge in [-0.3, -0.25) is 4.90 Å². The molecule has 0 bridgehead atoms. The summed E-state index contributed by atoms with van der Waals surface area (Å²) >= 11 is 0. The molecule has 4 rings (SSSR count). The van der Waals surface area contributed by atoms with Gasteiger partial charge < -0.3 is 4.74 Å². The maximum Gasteiger partial charge on any atom is 0.416 e. The first-order chi connectivity index (χ1) is 15.3. The van der Waals surface area contributed by atoms with E-state index in [1.54, 1.807) is 18.2 Å². The summed E-state index contributed by atoms with van der Waals surface area (Å²) in [5, 5.41) is 0. The lowest BCUT2D eigenvalue weighted by molar-refractivity contribution is -0.138. The molecule has 168 valence electrons. The maximum atomic E-state index is 13.1. The predicted molar refractivity (Wildman–Crippen MR) is 117 cm³/mol. The molecule has 1 aliphatic rings. The number of halogens is 3. The second-order valence-corrected chi connectivity index (χ2v) is 8.15. The van der Waals surface area contributed by atoms with Crippen LogP contribution in [0.3, 0.4) is 0 Å². The van der Waals surface area contributed by atoms with Crippen molar-refractivity contribution in [3.05, 3.63) is 76.6 Å². The van der Waals surface area contributed by atoms with Gasteiger partial charge in [0, 0.05) is 36.8 Å². The van der Waals surface area contributed by atoms with Crippen LogP contribution in [0.15, 0.2) is 48.7 Å². The fourth-order valence-corrected chi connectivity index (χ4v) is 3.95. The van der Waals surface area contributed by atoms with E-state index in [1.165, 1.54) is 18.6 Å². The molecular formula is C25H26F3N3O. The monoisotopic (exact) mass is 441 g/mol. The number of benzene rings is 2. The zero-order valence-electron chi connectivity index (χ0n) is 18.2. The average Bonchev–Trinajstić information content (AvgIpc) is 2.78. The van der Waals surface area contributed by atoms with E-state index in [2.05, 4.69) is 16.8 Å². The summed E-state index contributed by atoms with van der Waals surface area (Å²) in [7, 11) is 0. The summed E-state index contributed by atoms with van der Waals surface area (Å²) in [5.74, 6) is 1.25. The molecule has 0 saturated carbocycles. The summed E-state index contributed by atoms with van der Waals surface area (Å²) in [6, 6.07) is 11.6. The van der Waals surface area contributed by atoms with Gasteiger partial charge in [0.25, 0.3) is 0 Å². The maximum absolute atomic E-state index is 13.1. The summed E-state index contributed by atoms with van der Waals surface area (Å²) in [6.45, 7) is 6.69. The van der Waals surface area contributed by atoms with Crippen LogP contribution < -0.4 is 4.74 Å². The molecule has 0 aliphatic carbocycles. The van der Waals surface area contributed by atoms with Crippen molar-refractivity contribution < 1.29 is 17.9 Å². The highest BCUT2D eigenvalue weighted by Gasteiger charge is 2.32. The number of hydrogen-bond acceptors (Lipinski definition) is 4. The van der Waals surface area contributed by atoms with Gasteiger partial charge in [-0.1, -0.05) is 19.1 Å². The third-order valence-corrected chi connectivity index (χ3v) is 5.68. The van der Waals surface area contributed by atoms with E-state index in [0.29, 0.717) is 17.1 Å². The molecule has 3 aromatic rings. The van der Waals surface area contributed by atoms with Gasteiger partial charge in [-0.2, -0.15) is 13.2 Å². The molecule has 0 radical (unpaired) electrons. The van der Waals surface area contributed by atoms with E-state index >= 15 is 0 Å². The number of aryl methyl sites for hydroxylation is 1. The molecule has 0 N–H and O–H groups in total. The predicted octanol–water partition coefficient (Wildman–Crippen LogP) is 5.82. The Bertz CT molecular complexity index is 1080. The van der Waals surface area contributed by atoms with Crippen molar-refractivity contribution in [1.29, 1.82) is 0 Å². The SMILES string of the molecule is CCCN1CCc2nc(-c3ccc(OCc4ccc(C)c(C(F)(F)F)c4)cc3)ncc2C1. The Labute approximate surface area is 186 Å². The lowest BCUT2D eigenvalue weighted by atomic mass is 10.1. The van der Waals surface area contributed by atoms with Crippen molar-refractivity contribution >= 4 is 0 Å². The van der Waals surface area contributed by atoms with Crippen molar-refractivity contribution in [2.24, 2.45) is 0 Å². The second-order valence-electron chi connectivity index (χ2n) is 8.15. The van der Waals surface area contributed by atoms with Gasteiger partial charge in [-0.05, 0) is 61.3 Å². The normalized spacial score (nSPS) is 14.3. The van der Waals surface area contributed by atoms with Crippen LogP contribution in [0, 0.1) is 6.92 Å². The zero-order valence-corrected chi connectivity index (χ0v) is 18.2. The van der Waals surface area contributed by atoms with E-state index in [-0.39, 0.29) is 12.2 Å². The number of ether oxygens (including phenoxy) is 1. The van der Waals surface area contributed by atoms with Gasteiger partial charge in [0.05, 0.1) is 11.3 Å². The van der Waals surface area contributed by atoms with Crippen molar-refractivity contribution in [2.45, 2.75) is 46.0 Å². The molecule has 32 heavy (non-hydrogen) atoms. The molecule has 0 saturated heterocycles. The molecule has 2 aromatic carbocycles. The molecule has 7 heteroatoms. The van der Waals surface area contributed by atoms with E-state index in [9.17, 15) is 13.2 Å². The molecule has 4 nitrogen and oxygen atoms in total. The highest BCUT2D eigenvalue weighted by molar-refractivity contribution is 5.56. The van der Waals surface area contributed by atoms with Gasteiger partial charge in [0.2, 0.25) is 0 Å². The first-order valence-electron chi connectivity index (χ1n) is 10.8. The van der Waals surface area contributed by atoms with Crippen molar-refractivity contribution in [2.75, 3.05) is 13.1 Å². The Hall–Kier alpha value is -2.93. The first kappa shape index (κ1) is 22.3. The van der Waals surface area contributed by atoms with Crippen LogP contribution in [0.25, 0.3) is 11.4 Å². The number of aromatic nitrogens is 2. The smallest absolute Gasteiger partial charge is 0.416 e. The standard InChI is InChI=1S/C25H26F3N3O/c1-3-11-31-12-10-23-20(15-31)14-29-24(30-23)19-6-8-21(9-7-19)32-16-18-5-4-17(2)22(13-18)25(26,27)28/h4-9,13-14H,3,10-12,15-16H2,1-2H3. The minimum absolute atomic E-state index is 0.0618. The van der Waals surface area contributed by atoms with Gasteiger partial charge in [0.15, 0.2) is 5.82 Å². The summed E-state index contributed by atoms with van der Waals surface area (Å²) in [4.78, 5) is 11.7. The van der Waals surface area contributed by atoms with Crippen LogP contribution in [-0.4, -0.2) is 28.0 Å². The Morgan fingerprint density at radius 1 is 1.09 bits per heavy atom. The average molecular weight is 441 g/mol. The number of rotatable bonds is 6. The highest BCUT2D eigenvalue weighted by Crippen LogP contribution is 2.32. The Morgan fingerprint density at radius 2 is 1.88 bits per heavy atom. The van der Waals surface area contributed by atoms with Gasteiger partial charge in [-0.15, -0.1) is 0 Å². The summed E-state index contributed by atoms with van der Waals surface area (Å²) in [6.07, 6.45) is -0.400. The van der Waals surface area contributed by atoms with Crippen molar-refractivity contribution in [1.82, 2.24) is 14.9 Å². The Balaban J connectivity index is 1.42. The molecular weight excluding hydrogens is 415 g/mol. The summed E-state index contributed by atoms with van der Waals surface area (Å²) < 4.78 is 45.0. The van der Waals surface area contributed by atoms with Gasteiger partial charge in [0.1, 0.15) is 12.4 Å². The Morgan fingerprint density at radius 3 is 2.59 bits per heavy atom. The van der Waals surface area contributed by atoms with E-state index in [1.807, 2.05) is 18.3 Å². The third-order valence-electron chi connectivity index (χ3n) is 5.68. The van der Waals surface area contributed by atoms with Crippen LogP contribution in [0.4, 0.5) is 13.2 Å². The highest BCUT2D eigenvalue weighted by atomic mass is 19.4. The minimum atomic E-state index is -4.37. The van der Waals surface area contributed by atoms with E-state index in [4.69, 9.17) is 9.72 Å². The molecule has 1 aromatic heterocycles. The minimum Gasteiger partial charge on any atom is -0.489 e. The molecule has 0 atom stereocenters. The molecule has 0 fully saturated rings. The van der Waals surface area contributed by atoms with Crippen molar-refractivity contribution in [3.63, 3.8) is 0 Å². The second kappa shape index (κ2) is 9.28. The first-order valence-corrected chi connectivity index (χ1v) is 10.8. The lowest BCUT2D eigenvalue weighted by Gasteiger charge is -2.27. The Kier molecular flexibility index (Phi) is 6.46. The van der Waals surface area contributed by atoms with Crippen LogP contribution in [0.2, 0.25) is 0 Å². The molecule has 0 unspecified atom stereocenters. The van der Waals surface area contributed by atoms with E-state index < -0.39 is 11.7 Å². The largest absolute Gasteiger partial charge is 0.489 e. The number of fused-ring (bicyclic) bond motifs is 1. The molecule has 0 amide bonds. The fourth-order valence-electron chi connectivity index (χ4n) is 3.95. The van der Waals surface area contributed by atoms with E-state index in [0.717, 1.165) is 49.8 Å².